The van der Waals surface area contributed by atoms with Crippen LogP contribution in [-0.2, 0) is 10.5 Å². The van der Waals surface area contributed by atoms with E-state index in [1.807, 2.05) is 11.8 Å². The number of ether oxygens (including phenoxy) is 1. The van der Waals surface area contributed by atoms with Gasteiger partial charge in [0.05, 0.1) is 6.61 Å². The van der Waals surface area contributed by atoms with E-state index in [-0.39, 0.29) is 0 Å². The second-order valence-electron chi connectivity index (χ2n) is 3.48. The van der Waals surface area contributed by atoms with Crippen molar-refractivity contribution in [2.75, 3.05) is 19.5 Å². The molecule has 0 fully saturated rings. The first-order valence-corrected chi connectivity index (χ1v) is 6.02. The van der Waals surface area contributed by atoms with Gasteiger partial charge in [0.1, 0.15) is 0 Å². The van der Waals surface area contributed by atoms with Gasteiger partial charge < -0.3 is 4.74 Å². The Morgan fingerprint density at radius 2 is 2.07 bits per heavy atom. The van der Waals surface area contributed by atoms with Crippen molar-refractivity contribution in [3.8, 4) is 0 Å². The van der Waals surface area contributed by atoms with Crippen molar-refractivity contribution >= 4 is 11.8 Å². The van der Waals surface area contributed by atoms with E-state index in [4.69, 9.17) is 4.74 Å². The van der Waals surface area contributed by atoms with Gasteiger partial charge in [0.2, 0.25) is 0 Å². The molecule has 1 nitrogen and oxygen atoms in total. The second kappa shape index (κ2) is 6.10. The highest BCUT2D eigenvalue weighted by atomic mass is 32.2. The van der Waals surface area contributed by atoms with Gasteiger partial charge in [-0.05, 0) is 25.0 Å². The van der Waals surface area contributed by atoms with Gasteiger partial charge in [-0.2, -0.15) is 11.8 Å². The molecule has 0 heterocycles. The van der Waals surface area contributed by atoms with Crippen molar-refractivity contribution in [1.29, 1.82) is 0 Å². The van der Waals surface area contributed by atoms with Gasteiger partial charge in [0.15, 0.2) is 0 Å². The van der Waals surface area contributed by atoms with Gasteiger partial charge in [-0.25, -0.2) is 0 Å². The average molecular weight is 210 g/mol. The fourth-order valence-electron chi connectivity index (χ4n) is 1.28. The Morgan fingerprint density at radius 1 is 1.29 bits per heavy atom. The summed E-state index contributed by atoms with van der Waals surface area (Å²) in [6.45, 7) is 5.16. The van der Waals surface area contributed by atoms with Gasteiger partial charge in [-0.1, -0.05) is 23.8 Å². The number of hydrogen-bond donors (Lipinski definition) is 0. The smallest absolute Gasteiger partial charge is 0.0553 e. The molecule has 1 aromatic rings. The van der Waals surface area contributed by atoms with E-state index >= 15 is 0 Å². The first-order valence-electron chi connectivity index (χ1n) is 4.87. The van der Waals surface area contributed by atoms with Crippen LogP contribution in [0.5, 0.6) is 0 Å². The molecule has 1 aromatic carbocycles. The van der Waals surface area contributed by atoms with Crippen LogP contribution in [0.3, 0.4) is 0 Å². The van der Waals surface area contributed by atoms with Crippen LogP contribution in [0.1, 0.15) is 16.7 Å². The van der Waals surface area contributed by atoms with Crippen LogP contribution in [0.25, 0.3) is 0 Å². The number of hydrogen-bond acceptors (Lipinski definition) is 2. The maximum atomic E-state index is 5.01. The summed E-state index contributed by atoms with van der Waals surface area (Å²) in [6.07, 6.45) is 0. The summed E-state index contributed by atoms with van der Waals surface area (Å²) in [5.74, 6) is 2.17. The predicted molar refractivity (Wildman–Crippen MR) is 64.0 cm³/mol. The normalized spacial score (nSPS) is 10.5. The van der Waals surface area contributed by atoms with Crippen LogP contribution >= 0.6 is 11.8 Å². The van der Waals surface area contributed by atoms with Crippen molar-refractivity contribution in [3.63, 3.8) is 0 Å². The molecule has 0 spiro atoms. The molecule has 0 atom stereocenters. The standard InChI is InChI=1S/C12H18OS/c1-10-4-5-11(2)12(8-10)9-14-7-6-13-3/h4-5,8H,6-7,9H2,1-3H3. The Labute approximate surface area is 90.9 Å². The summed E-state index contributed by atoms with van der Waals surface area (Å²) in [7, 11) is 1.75. The lowest BCUT2D eigenvalue weighted by molar-refractivity contribution is 0.218. The summed E-state index contributed by atoms with van der Waals surface area (Å²) in [6, 6.07) is 6.63. The van der Waals surface area contributed by atoms with Crippen LogP contribution < -0.4 is 0 Å². The zero-order valence-corrected chi connectivity index (χ0v) is 9.99. The molecule has 0 saturated heterocycles. The highest BCUT2D eigenvalue weighted by molar-refractivity contribution is 7.98. The van der Waals surface area contributed by atoms with Crippen LogP contribution in [0.15, 0.2) is 18.2 Å². The molecule has 2 heteroatoms. The Kier molecular flexibility index (Phi) is 5.05. The molecule has 0 aliphatic carbocycles. The van der Waals surface area contributed by atoms with Gasteiger partial charge in [0, 0.05) is 18.6 Å². The largest absolute Gasteiger partial charge is 0.384 e. The Hall–Kier alpha value is -0.470. The zero-order valence-electron chi connectivity index (χ0n) is 9.17. The van der Waals surface area contributed by atoms with Crippen LogP contribution in [0, 0.1) is 13.8 Å². The lowest BCUT2D eigenvalue weighted by atomic mass is 10.1. The monoisotopic (exact) mass is 210 g/mol. The number of thioether (sulfide) groups is 1. The molecule has 0 aromatic heterocycles. The molecular formula is C12H18OS. The predicted octanol–water partition coefficient (Wildman–Crippen LogP) is 3.18. The molecule has 78 valence electrons. The van der Waals surface area contributed by atoms with E-state index in [1.165, 1.54) is 16.7 Å². The molecule has 14 heavy (non-hydrogen) atoms. The summed E-state index contributed by atoms with van der Waals surface area (Å²) < 4.78 is 5.01. The first kappa shape index (κ1) is 11.6. The fourth-order valence-corrected chi connectivity index (χ4v) is 2.24. The van der Waals surface area contributed by atoms with Crippen molar-refractivity contribution in [3.05, 3.63) is 34.9 Å². The summed E-state index contributed by atoms with van der Waals surface area (Å²) in [4.78, 5) is 0. The van der Waals surface area contributed by atoms with E-state index < -0.39 is 0 Å². The summed E-state index contributed by atoms with van der Waals surface area (Å²) in [5.41, 5.74) is 4.18. The molecule has 0 radical (unpaired) electrons. The van der Waals surface area contributed by atoms with Crippen molar-refractivity contribution in [2.45, 2.75) is 19.6 Å². The third-order valence-corrected chi connectivity index (χ3v) is 3.16. The molecule has 0 amide bonds. The minimum atomic E-state index is 0.843. The minimum Gasteiger partial charge on any atom is -0.384 e. The average Bonchev–Trinajstić information content (AvgIpc) is 2.18. The Bertz CT molecular complexity index is 284. The van der Waals surface area contributed by atoms with Crippen molar-refractivity contribution in [2.24, 2.45) is 0 Å². The summed E-state index contributed by atoms with van der Waals surface area (Å²) >= 11 is 1.93. The second-order valence-corrected chi connectivity index (χ2v) is 4.58. The van der Waals surface area contributed by atoms with E-state index in [2.05, 4.69) is 32.0 Å². The van der Waals surface area contributed by atoms with Crippen molar-refractivity contribution in [1.82, 2.24) is 0 Å². The lowest BCUT2D eigenvalue weighted by Crippen LogP contribution is -1.94. The Balaban J connectivity index is 2.45. The molecular weight excluding hydrogens is 192 g/mol. The molecule has 0 aliphatic heterocycles. The van der Waals surface area contributed by atoms with E-state index in [0.717, 1.165) is 18.1 Å². The zero-order chi connectivity index (χ0) is 10.4. The highest BCUT2D eigenvalue weighted by Gasteiger charge is 1.98. The highest BCUT2D eigenvalue weighted by Crippen LogP contribution is 2.17. The van der Waals surface area contributed by atoms with Crippen LogP contribution in [0.4, 0.5) is 0 Å². The molecule has 0 saturated carbocycles. The van der Waals surface area contributed by atoms with Gasteiger partial charge in [-0.15, -0.1) is 0 Å². The SMILES string of the molecule is COCCSCc1cc(C)ccc1C. The van der Waals surface area contributed by atoms with Gasteiger partial charge >= 0.3 is 0 Å². The minimum absolute atomic E-state index is 0.843. The van der Waals surface area contributed by atoms with Crippen molar-refractivity contribution < 1.29 is 4.74 Å². The van der Waals surface area contributed by atoms with E-state index in [9.17, 15) is 0 Å². The number of aryl methyl sites for hydroxylation is 2. The number of benzene rings is 1. The quantitative estimate of drug-likeness (QED) is 0.690. The van der Waals surface area contributed by atoms with Gasteiger partial charge in [-0.3, -0.25) is 0 Å². The third kappa shape index (κ3) is 3.72. The third-order valence-electron chi connectivity index (χ3n) is 2.19. The summed E-state index contributed by atoms with van der Waals surface area (Å²) in [5, 5.41) is 0. The number of rotatable bonds is 5. The van der Waals surface area contributed by atoms with E-state index in [1.54, 1.807) is 7.11 Å². The number of methoxy groups -OCH3 is 1. The van der Waals surface area contributed by atoms with Gasteiger partial charge in [0.25, 0.3) is 0 Å². The molecule has 0 unspecified atom stereocenters. The first-order chi connectivity index (χ1) is 6.74. The van der Waals surface area contributed by atoms with E-state index in [0.29, 0.717) is 0 Å². The van der Waals surface area contributed by atoms with Crippen LogP contribution in [0.2, 0.25) is 0 Å². The molecule has 0 aliphatic rings. The Morgan fingerprint density at radius 3 is 2.79 bits per heavy atom. The fraction of sp³-hybridized carbons (Fsp3) is 0.500. The molecule has 1 rings (SSSR count). The topological polar surface area (TPSA) is 9.23 Å². The molecule has 0 bridgehead atoms. The molecule has 0 N–H and O–H groups in total. The lowest BCUT2D eigenvalue weighted by Gasteiger charge is -2.06. The maximum absolute atomic E-state index is 5.01. The maximum Gasteiger partial charge on any atom is 0.0553 e. The van der Waals surface area contributed by atoms with Crippen LogP contribution in [-0.4, -0.2) is 19.5 Å².